The molecule has 2 aromatic heterocycles. The highest BCUT2D eigenvalue weighted by atomic mass is 32.2. The molecule has 0 radical (unpaired) electrons. The number of nitrogens with one attached hydrogen (secondary N) is 1. The van der Waals surface area contributed by atoms with Gasteiger partial charge in [0.2, 0.25) is 5.91 Å². The number of amides is 1. The number of hydrogen-bond donors (Lipinski definition) is 1. The lowest BCUT2D eigenvalue weighted by Crippen LogP contribution is -2.12. The van der Waals surface area contributed by atoms with Gasteiger partial charge in [-0.1, -0.05) is 42.5 Å². The molecule has 41 heavy (non-hydrogen) atoms. The van der Waals surface area contributed by atoms with Crippen LogP contribution in [0.1, 0.15) is 12.0 Å². The molecule has 0 aliphatic heterocycles. The fraction of sp³-hybridized carbons (Fsp3) is 0.125. The van der Waals surface area contributed by atoms with E-state index in [2.05, 4.69) is 16.4 Å². The number of ether oxygens (including phenoxy) is 2. The van der Waals surface area contributed by atoms with Crippen LogP contribution >= 0.6 is 23.1 Å². The smallest absolute Gasteiger partial charge is 0.226 e. The van der Waals surface area contributed by atoms with Crippen LogP contribution in [0.5, 0.6) is 11.5 Å². The van der Waals surface area contributed by atoms with Crippen molar-refractivity contribution in [3.8, 4) is 51.2 Å². The Balaban J connectivity index is 1.31. The van der Waals surface area contributed by atoms with Gasteiger partial charge in [0, 0.05) is 34.2 Å². The number of anilines is 1. The van der Waals surface area contributed by atoms with Crippen molar-refractivity contribution in [1.29, 1.82) is 5.26 Å². The van der Waals surface area contributed by atoms with Gasteiger partial charge in [0.1, 0.15) is 22.6 Å². The minimum atomic E-state index is -0.152. The molecular formula is C32H26N4O3S2. The number of hydrogen-bond acceptors (Lipinski definition) is 8. The van der Waals surface area contributed by atoms with Crippen molar-refractivity contribution in [2.75, 3.05) is 25.3 Å². The largest absolute Gasteiger partial charge is 0.497 e. The number of carbonyl (C=O) groups is 1. The number of nitriles is 1. The molecule has 3 aromatic carbocycles. The second-order valence-electron chi connectivity index (χ2n) is 8.85. The lowest BCUT2D eigenvalue weighted by atomic mass is 9.99. The number of thioether (sulfide) groups is 1. The fourth-order valence-corrected chi connectivity index (χ4v) is 5.82. The summed E-state index contributed by atoms with van der Waals surface area (Å²) in [6, 6.07) is 29.3. The SMILES string of the molecule is COc1ccc(-c2csc(NC(=O)CCSc3nc(-c4ccccc4)cc(-c4ccc(OC)cc4)c3C#N)n2)cc1. The number of benzene rings is 3. The van der Waals surface area contributed by atoms with Gasteiger partial charge in [0.15, 0.2) is 5.13 Å². The number of pyridine rings is 1. The van der Waals surface area contributed by atoms with Gasteiger partial charge >= 0.3 is 0 Å². The number of nitrogens with zero attached hydrogens (tertiary/aromatic N) is 3. The Morgan fingerprint density at radius 2 is 1.51 bits per heavy atom. The van der Waals surface area contributed by atoms with E-state index in [1.807, 2.05) is 90.3 Å². The van der Waals surface area contributed by atoms with Gasteiger partial charge in [0.05, 0.1) is 31.2 Å². The number of thiazole rings is 1. The maximum Gasteiger partial charge on any atom is 0.226 e. The first kappa shape index (κ1) is 27.9. The zero-order chi connectivity index (χ0) is 28.6. The van der Waals surface area contributed by atoms with Gasteiger partial charge in [-0.3, -0.25) is 4.79 Å². The molecule has 0 spiro atoms. The molecule has 0 unspecified atom stereocenters. The first-order chi connectivity index (χ1) is 20.1. The molecule has 204 valence electrons. The highest BCUT2D eigenvalue weighted by Crippen LogP contribution is 2.35. The van der Waals surface area contributed by atoms with Gasteiger partial charge in [-0.15, -0.1) is 23.1 Å². The van der Waals surface area contributed by atoms with E-state index >= 15 is 0 Å². The second-order valence-corrected chi connectivity index (χ2v) is 10.8. The van der Waals surface area contributed by atoms with E-state index in [0.29, 0.717) is 21.5 Å². The normalized spacial score (nSPS) is 10.6. The predicted molar refractivity (Wildman–Crippen MR) is 164 cm³/mol. The van der Waals surface area contributed by atoms with Crippen LogP contribution in [0.2, 0.25) is 0 Å². The molecule has 7 nitrogen and oxygen atoms in total. The van der Waals surface area contributed by atoms with Crippen molar-refractivity contribution in [3.05, 3.63) is 95.9 Å². The summed E-state index contributed by atoms with van der Waals surface area (Å²) in [6.45, 7) is 0. The summed E-state index contributed by atoms with van der Waals surface area (Å²) in [4.78, 5) is 22.1. The van der Waals surface area contributed by atoms with E-state index < -0.39 is 0 Å². The highest BCUT2D eigenvalue weighted by Gasteiger charge is 2.17. The molecule has 0 saturated carbocycles. The minimum Gasteiger partial charge on any atom is -0.497 e. The van der Waals surface area contributed by atoms with Crippen LogP contribution in [0.15, 0.2) is 95.3 Å². The molecular weight excluding hydrogens is 553 g/mol. The van der Waals surface area contributed by atoms with E-state index in [1.54, 1.807) is 14.2 Å². The fourth-order valence-electron chi connectivity index (χ4n) is 4.14. The van der Waals surface area contributed by atoms with Gasteiger partial charge < -0.3 is 14.8 Å². The molecule has 2 heterocycles. The first-order valence-corrected chi connectivity index (χ1v) is 14.6. The van der Waals surface area contributed by atoms with E-state index in [4.69, 9.17) is 14.5 Å². The monoisotopic (exact) mass is 578 g/mol. The van der Waals surface area contributed by atoms with Crippen LogP contribution in [0, 0.1) is 11.3 Å². The third kappa shape index (κ3) is 6.74. The lowest BCUT2D eigenvalue weighted by Gasteiger charge is -2.13. The number of carbonyl (C=O) groups excluding carboxylic acids is 1. The standard InChI is InChI=1S/C32H26N4O3S2/c1-38-24-12-8-21(9-13-24)26-18-28(22-6-4-3-5-7-22)34-31(27(26)19-33)40-17-16-30(37)36-32-35-29(20-41-32)23-10-14-25(39-2)15-11-23/h3-15,18,20H,16-17H2,1-2H3,(H,35,36,37). The zero-order valence-corrected chi connectivity index (χ0v) is 24.1. The van der Waals surface area contributed by atoms with E-state index in [9.17, 15) is 10.1 Å². The van der Waals surface area contributed by atoms with Crippen LogP contribution < -0.4 is 14.8 Å². The summed E-state index contributed by atoms with van der Waals surface area (Å²) in [6.07, 6.45) is 0.238. The summed E-state index contributed by atoms with van der Waals surface area (Å²) in [5.41, 5.74) is 5.58. The van der Waals surface area contributed by atoms with Gasteiger partial charge in [-0.05, 0) is 48.0 Å². The molecule has 5 rings (SSSR count). The summed E-state index contributed by atoms with van der Waals surface area (Å²) in [5.74, 6) is 1.81. The average Bonchev–Trinajstić information content (AvgIpc) is 3.49. The Bertz CT molecular complexity index is 1680. The number of rotatable bonds is 10. The molecule has 0 atom stereocenters. The minimum absolute atomic E-state index is 0.152. The average molecular weight is 579 g/mol. The summed E-state index contributed by atoms with van der Waals surface area (Å²) in [7, 11) is 3.25. The van der Waals surface area contributed by atoms with Crippen molar-refractivity contribution >= 4 is 34.1 Å². The molecule has 1 amide bonds. The predicted octanol–water partition coefficient (Wildman–Crippen LogP) is 7.55. The highest BCUT2D eigenvalue weighted by molar-refractivity contribution is 7.99. The van der Waals surface area contributed by atoms with Crippen molar-refractivity contribution in [1.82, 2.24) is 9.97 Å². The third-order valence-corrected chi connectivity index (χ3v) is 8.01. The van der Waals surface area contributed by atoms with Crippen molar-refractivity contribution in [2.45, 2.75) is 11.4 Å². The van der Waals surface area contributed by atoms with Crippen LogP contribution in [0.4, 0.5) is 5.13 Å². The molecule has 0 aliphatic carbocycles. The van der Waals surface area contributed by atoms with E-state index in [1.165, 1.54) is 23.1 Å². The van der Waals surface area contributed by atoms with E-state index in [-0.39, 0.29) is 12.3 Å². The van der Waals surface area contributed by atoms with Crippen LogP contribution in [0.3, 0.4) is 0 Å². The Kier molecular flexibility index (Phi) is 8.94. The Morgan fingerprint density at radius 1 is 0.878 bits per heavy atom. The zero-order valence-electron chi connectivity index (χ0n) is 22.5. The van der Waals surface area contributed by atoms with Crippen LogP contribution in [-0.2, 0) is 4.79 Å². The Morgan fingerprint density at radius 3 is 2.15 bits per heavy atom. The maximum absolute atomic E-state index is 12.8. The number of methoxy groups -OCH3 is 2. The Labute approximate surface area is 246 Å². The van der Waals surface area contributed by atoms with Crippen molar-refractivity contribution in [3.63, 3.8) is 0 Å². The molecule has 1 N–H and O–H groups in total. The Hall–Kier alpha value is -4.65. The lowest BCUT2D eigenvalue weighted by molar-refractivity contribution is -0.115. The van der Waals surface area contributed by atoms with Crippen LogP contribution in [-0.4, -0.2) is 35.8 Å². The molecule has 0 aliphatic rings. The van der Waals surface area contributed by atoms with Crippen molar-refractivity contribution < 1.29 is 14.3 Å². The first-order valence-electron chi connectivity index (χ1n) is 12.8. The van der Waals surface area contributed by atoms with Gasteiger partial charge in [-0.2, -0.15) is 5.26 Å². The molecule has 0 bridgehead atoms. The second kappa shape index (κ2) is 13.1. The summed E-state index contributed by atoms with van der Waals surface area (Å²) >= 11 is 2.77. The quantitative estimate of drug-likeness (QED) is 0.171. The molecule has 0 fully saturated rings. The van der Waals surface area contributed by atoms with Crippen molar-refractivity contribution in [2.24, 2.45) is 0 Å². The number of aromatic nitrogens is 2. The maximum atomic E-state index is 12.8. The molecule has 9 heteroatoms. The van der Waals surface area contributed by atoms with E-state index in [0.717, 1.165) is 45.1 Å². The summed E-state index contributed by atoms with van der Waals surface area (Å²) in [5, 5.41) is 16.0. The third-order valence-electron chi connectivity index (χ3n) is 6.27. The van der Waals surface area contributed by atoms with Crippen LogP contribution in [0.25, 0.3) is 33.6 Å². The molecule has 5 aromatic rings. The van der Waals surface area contributed by atoms with Gasteiger partial charge in [-0.25, -0.2) is 9.97 Å². The summed E-state index contributed by atoms with van der Waals surface area (Å²) < 4.78 is 10.5. The van der Waals surface area contributed by atoms with Gasteiger partial charge in [0.25, 0.3) is 0 Å². The topological polar surface area (TPSA) is 97.1 Å². The molecule has 0 saturated heterocycles.